The van der Waals surface area contributed by atoms with Gasteiger partial charge in [-0.05, 0) is 36.6 Å². The summed E-state index contributed by atoms with van der Waals surface area (Å²) in [6.45, 7) is 3.12. The molecule has 0 aliphatic rings. The van der Waals surface area contributed by atoms with Crippen LogP contribution in [0, 0.1) is 6.92 Å². The molecule has 1 heterocycles. The van der Waals surface area contributed by atoms with E-state index in [0.29, 0.717) is 0 Å². The molecule has 0 radical (unpaired) electrons. The minimum Gasteiger partial charge on any atom is -0.340 e. The van der Waals surface area contributed by atoms with E-state index < -0.39 is 0 Å². The summed E-state index contributed by atoms with van der Waals surface area (Å²) in [5.41, 5.74) is 6.57. The largest absolute Gasteiger partial charge is 0.340 e. The van der Waals surface area contributed by atoms with Crippen molar-refractivity contribution in [2.75, 3.05) is 0 Å². The van der Waals surface area contributed by atoms with Crippen LogP contribution in [0.5, 0.6) is 0 Å². The molecule has 1 heteroatoms. The summed E-state index contributed by atoms with van der Waals surface area (Å²) in [5.74, 6) is 0. The number of benzene rings is 3. The fraction of sp³-hybridized carbons (Fsp3) is 0.130. The lowest BCUT2D eigenvalue weighted by Gasteiger charge is -2.11. The maximum absolute atomic E-state index is 2.45. The molecule has 1 aromatic heterocycles. The van der Waals surface area contributed by atoms with E-state index in [1.165, 1.54) is 33.3 Å². The third kappa shape index (κ3) is 2.85. The Morgan fingerprint density at radius 1 is 0.750 bits per heavy atom. The lowest BCUT2D eigenvalue weighted by Crippen LogP contribution is -2.03. The summed E-state index contributed by atoms with van der Waals surface area (Å²) >= 11 is 0. The number of aryl methyl sites for hydroxylation is 3. The van der Waals surface area contributed by atoms with Crippen LogP contribution in [0.15, 0.2) is 84.9 Å². The predicted octanol–water partition coefficient (Wildman–Crippen LogP) is 5.86. The molecule has 0 aliphatic carbocycles. The Hall–Kier alpha value is -2.80. The van der Waals surface area contributed by atoms with Crippen LogP contribution >= 0.6 is 0 Å². The van der Waals surface area contributed by atoms with Crippen LogP contribution in [-0.2, 0) is 13.0 Å². The fourth-order valence-corrected chi connectivity index (χ4v) is 3.30. The first-order chi connectivity index (χ1) is 11.8. The van der Waals surface area contributed by atoms with Gasteiger partial charge in [-0.25, -0.2) is 0 Å². The molecular weight excluding hydrogens is 290 g/mol. The van der Waals surface area contributed by atoms with Crippen LogP contribution in [0.3, 0.4) is 0 Å². The highest BCUT2D eigenvalue weighted by Gasteiger charge is 2.10. The van der Waals surface area contributed by atoms with E-state index >= 15 is 0 Å². The average Bonchev–Trinajstić information content (AvgIpc) is 3.00. The number of para-hydroxylation sites is 1. The highest BCUT2D eigenvalue weighted by atomic mass is 15.0. The van der Waals surface area contributed by atoms with Crippen molar-refractivity contribution in [2.24, 2.45) is 0 Å². The molecule has 4 aromatic rings. The quantitative estimate of drug-likeness (QED) is 0.445. The molecule has 0 spiro atoms. The molecule has 0 bridgehead atoms. The molecule has 0 N–H and O–H groups in total. The van der Waals surface area contributed by atoms with Gasteiger partial charge in [-0.1, -0.05) is 78.4 Å². The predicted molar refractivity (Wildman–Crippen MR) is 102 cm³/mol. The molecule has 0 saturated carbocycles. The molecule has 3 aromatic carbocycles. The van der Waals surface area contributed by atoms with Gasteiger partial charge in [-0.3, -0.25) is 0 Å². The Morgan fingerprint density at radius 2 is 1.46 bits per heavy atom. The Kier molecular flexibility index (Phi) is 3.92. The normalized spacial score (nSPS) is 11.0. The Bertz CT molecular complexity index is 946. The first-order valence-electron chi connectivity index (χ1n) is 8.50. The minimum absolute atomic E-state index is 0.987. The molecule has 24 heavy (non-hydrogen) atoms. The zero-order valence-corrected chi connectivity index (χ0v) is 13.9. The smallest absolute Gasteiger partial charge is 0.0491 e. The van der Waals surface area contributed by atoms with Gasteiger partial charge in [0.2, 0.25) is 0 Å². The molecule has 0 amide bonds. The van der Waals surface area contributed by atoms with Gasteiger partial charge in [0.25, 0.3) is 0 Å². The molecule has 0 unspecified atom stereocenters. The van der Waals surface area contributed by atoms with Crippen LogP contribution in [0.1, 0.15) is 11.1 Å². The number of aromatic nitrogens is 1. The molecule has 1 nitrogen and oxygen atoms in total. The van der Waals surface area contributed by atoms with E-state index in [2.05, 4.69) is 96.4 Å². The summed E-state index contributed by atoms with van der Waals surface area (Å²) in [4.78, 5) is 0. The highest BCUT2D eigenvalue weighted by molar-refractivity contribution is 5.87. The van der Waals surface area contributed by atoms with E-state index in [4.69, 9.17) is 0 Å². The summed E-state index contributed by atoms with van der Waals surface area (Å²) in [5, 5.41) is 1.31. The van der Waals surface area contributed by atoms with Gasteiger partial charge >= 0.3 is 0 Å². The van der Waals surface area contributed by atoms with Crippen LogP contribution in [0.25, 0.3) is 22.2 Å². The van der Waals surface area contributed by atoms with Crippen molar-refractivity contribution < 1.29 is 0 Å². The van der Waals surface area contributed by atoms with Crippen LogP contribution < -0.4 is 0 Å². The van der Waals surface area contributed by atoms with E-state index in [1.807, 2.05) is 0 Å². The second-order valence-corrected chi connectivity index (χ2v) is 6.34. The van der Waals surface area contributed by atoms with E-state index in [0.717, 1.165) is 13.0 Å². The molecule has 0 saturated heterocycles. The van der Waals surface area contributed by atoms with Crippen molar-refractivity contribution in [3.63, 3.8) is 0 Å². The summed E-state index contributed by atoms with van der Waals surface area (Å²) in [6.07, 6.45) is 1.04. The van der Waals surface area contributed by atoms with E-state index in [-0.39, 0.29) is 0 Å². The van der Waals surface area contributed by atoms with Gasteiger partial charge in [0, 0.05) is 23.1 Å². The fourth-order valence-electron chi connectivity index (χ4n) is 3.30. The third-order valence-corrected chi connectivity index (χ3v) is 4.62. The lowest BCUT2D eigenvalue weighted by atomic mass is 10.1. The van der Waals surface area contributed by atoms with Crippen LogP contribution in [-0.4, -0.2) is 4.57 Å². The highest BCUT2D eigenvalue weighted by Crippen LogP contribution is 2.28. The monoisotopic (exact) mass is 311 g/mol. The van der Waals surface area contributed by atoms with Crippen molar-refractivity contribution in [2.45, 2.75) is 19.9 Å². The third-order valence-electron chi connectivity index (χ3n) is 4.62. The number of nitrogens with zero attached hydrogens (tertiary/aromatic N) is 1. The first kappa shape index (κ1) is 14.8. The van der Waals surface area contributed by atoms with Crippen molar-refractivity contribution >= 4 is 10.9 Å². The van der Waals surface area contributed by atoms with Crippen molar-refractivity contribution in [3.05, 3.63) is 96.1 Å². The van der Waals surface area contributed by atoms with E-state index in [1.54, 1.807) is 0 Å². The molecule has 0 aliphatic heterocycles. The topological polar surface area (TPSA) is 4.93 Å². The first-order valence-corrected chi connectivity index (χ1v) is 8.50. The SMILES string of the molecule is Cc1ccc(-c2cc3ccccc3n2CCc2ccccc2)cc1. The number of fused-ring (bicyclic) bond motifs is 1. The lowest BCUT2D eigenvalue weighted by molar-refractivity contribution is 0.729. The Morgan fingerprint density at radius 3 is 2.25 bits per heavy atom. The molecule has 4 rings (SSSR count). The standard InChI is InChI=1S/C23H21N/c1-18-11-13-20(14-12-18)23-17-21-9-5-6-10-22(21)24(23)16-15-19-7-3-2-4-8-19/h2-14,17H,15-16H2,1H3. The molecule has 0 fully saturated rings. The maximum atomic E-state index is 2.45. The zero-order valence-electron chi connectivity index (χ0n) is 13.9. The maximum Gasteiger partial charge on any atom is 0.0491 e. The molecule has 118 valence electrons. The van der Waals surface area contributed by atoms with Gasteiger partial charge in [-0.15, -0.1) is 0 Å². The second-order valence-electron chi connectivity index (χ2n) is 6.34. The minimum atomic E-state index is 0.987. The van der Waals surface area contributed by atoms with Crippen molar-refractivity contribution in [1.82, 2.24) is 4.57 Å². The Labute approximate surface area is 143 Å². The average molecular weight is 311 g/mol. The zero-order chi connectivity index (χ0) is 16.4. The summed E-state index contributed by atoms with van der Waals surface area (Å²) in [6, 6.07) is 30.5. The van der Waals surface area contributed by atoms with Gasteiger partial charge in [0.1, 0.15) is 0 Å². The second kappa shape index (κ2) is 6.37. The number of hydrogen-bond donors (Lipinski definition) is 0. The number of rotatable bonds is 4. The number of hydrogen-bond acceptors (Lipinski definition) is 0. The summed E-state index contributed by atoms with van der Waals surface area (Å²) < 4.78 is 2.45. The van der Waals surface area contributed by atoms with Gasteiger partial charge in [-0.2, -0.15) is 0 Å². The summed E-state index contributed by atoms with van der Waals surface area (Å²) in [7, 11) is 0. The van der Waals surface area contributed by atoms with Gasteiger partial charge < -0.3 is 4.57 Å². The van der Waals surface area contributed by atoms with Crippen LogP contribution in [0.2, 0.25) is 0 Å². The van der Waals surface area contributed by atoms with Crippen molar-refractivity contribution in [3.8, 4) is 11.3 Å². The van der Waals surface area contributed by atoms with E-state index in [9.17, 15) is 0 Å². The Balaban J connectivity index is 1.77. The van der Waals surface area contributed by atoms with Crippen LogP contribution in [0.4, 0.5) is 0 Å². The molecular formula is C23H21N. The molecule has 0 atom stereocenters. The van der Waals surface area contributed by atoms with Gasteiger partial charge in [0.15, 0.2) is 0 Å². The van der Waals surface area contributed by atoms with Gasteiger partial charge in [0.05, 0.1) is 0 Å². The van der Waals surface area contributed by atoms with Crippen molar-refractivity contribution in [1.29, 1.82) is 0 Å².